The lowest BCUT2D eigenvalue weighted by atomic mass is 10.1. The van der Waals surface area contributed by atoms with Gasteiger partial charge in [0.1, 0.15) is 0 Å². The van der Waals surface area contributed by atoms with Gasteiger partial charge < -0.3 is 5.32 Å². The first-order valence-electron chi connectivity index (χ1n) is 10.0. The molecule has 150 valence electrons. The zero-order valence-electron chi connectivity index (χ0n) is 17.4. The Morgan fingerprint density at radius 1 is 0.933 bits per heavy atom. The van der Waals surface area contributed by atoms with Crippen molar-refractivity contribution in [1.29, 1.82) is 0 Å². The lowest BCUT2D eigenvalue weighted by Gasteiger charge is -2.07. The Bertz CT molecular complexity index is 1170. The SMILES string of the molecule is CCc1ccc(NC(=O)c2nc(-c3cccc(C)c3)n(-c3ccc(C)cc3)n2)cc1. The highest BCUT2D eigenvalue weighted by molar-refractivity contribution is 6.01. The standard InChI is InChI=1S/C25H24N4O/c1-4-19-10-12-21(13-11-19)26-25(30)23-27-24(20-7-5-6-18(3)16-20)29(28-23)22-14-8-17(2)9-15-22/h5-16H,4H2,1-3H3,(H,26,30). The maximum atomic E-state index is 12.9. The monoisotopic (exact) mass is 396 g/mol. The predicted octanol–water partition coefficient (Wildman–Crippen LogP) is 5.37. The third kappa shape index (κ3) is 4.15. The number of rotatable bonds is 5. The molecule has 4 rings (SSSR count). The average Bonchev–Trinajstić information content (AvgIpc) is 3.20. The normalized spacial score (nSPS) is 10.8. The summed E-state index contributed by atoms with van der Waals surface area (Å²) >= 11 is 0. The molecule has 30 heavy (non-hydrogen) atoms. The number of nitrogens with zero attached hydrogens (tertiary/aromatic N) is 3. The van der Waals surface area contributed by atoms with E-state index in [-0.39, 0.29) is 11.7 Å². The van der Waals surface area contributed by atoms with Gasteiger partial charge in [-0.05, 0) is 56.2 Å². The van der Waals surface area contributed by atoms with Crippen molar-refractivity contribution in [3.05, 3.63) is 95.3 Å². The van der Waals surface area contributed by atoms with Crippen LogP contribution in [0.1, 0.15) is 34.2 Å². The van der Waals surface area contributed by atoms with Crippen LogP contribution in [0.4, 0.5) is 5.69 Å². The van der Waals surface area contributed by atoms with E-state index in [9.17, 15) is 4.79 Å². The summed E-state index contributed by atoms with van der Waals surface area (Å²) in [6.07, 6.45) is 0.955. The van der Waals surface area contributed by atoms with Crippen molar-refractivity contribution in [3.63, 3.8) is 0 Å². The van der Waals surface area contributed by atoms with Crippen molar-refractivity contribution in [2.24, 2.45) is 0 Å². The molecule has 0 radical (unpaired) electrons. The molecule has 0 spiro atoms. The van der Waals surface area contributed by atoms with Crippen LogP contribution < -0.4 is 5.32 Å². The molecule has 0 aliphatic rings. The first-order chi connectivity index (χ1) is 14.5. The summed E-state index contributed by atoms with van der Waals surface area (Å²) < 4.78 is 1.73. The van der Waals surface area contributed by atoms with E-state index in [2.05, 4.69) is 22.3 Å². The molecule has 5 nitrogen and oxygen atoms in total. The summed E-state index contributed by atoms with van der Waals surface area (Å²) in [7, 11) is 0. The summed E-state index contributed by atoms with van der Waals surface area (Å²) in [6, 6.07) is 23.8. The van der Waals surface area contributed by atoms with Gasteiger partial charge in [-0.25, -0.2) is 9.67 Å². The predicted molar refractivity (Wildman–Crippen MR) is 120 cm³/mol. The summed E-state index contributed by atoms with van der Waals surface area (Å²) in [5.41, 5.74) is 5.99. The lowest BCUT2D eigenvalue weighted by Crippen LogP contribution is -2.14. The number of anilines is 1. The molecule has 0 fully saturated rings. The largest absolute Gasteiger partial charge is 0.319 e. The minimum Gasteiger partial charge on any atom is -0.319 e. The number of benzene rings is 3. The molecule has 0 atom stereocenters. The molecule has 0 bridgehead atoms. The van der Waals surface area contributed by atoms with Crippen LogP contribution in [0.15, 0.2) is 72.8 Å². The molecule has 1 aromatic heterocycles. The summed E-state index contributed by atoms with van der Waals surface area (Å²) in [5.74, 6) is 0.430. The van der Waals surface area contributed by atoms with Crippen LogP contribution in [0, 0.1) is 13.8 Å². The zero-order valence-corrected chi connectivity index (χ0v) is 17.4. The Morgan fingerprint density at radius 2 is 1.67 bits per heavy atom. The van der Waals surface area contributed by atoms with Gasteiger partial charge in [0.25, 0.3) is 5.91 Å². The number of carbonyl (C=O) groups is 1. The van der Waals surface area contributed by atoms with Crippen molar-refractivity contribution in [2.75, 3.05) is 5.32 Å². The molecule has 1 N–H and O–H groups in total. The Kier molecular flexibility index (Phi) is 5.44. The second-order valence-electron chi connectivity index (χ2n) is 7.38. The number of aromatic nitrogens is 3. The van der Waals surface area contributed by atoms with Crippen molar-refractivity contribution in [3.8, 4) is 17.1 Å². The van der Waals surface area contributed by atoms with Crippen LogP contribution in [0.3, 0.4) is 0 Å². The van der Waals surface area contributed by atoms with Crippen LogP contribution in [0.2, 0.25) is 0 Å². The van der Waals surface area contributed by atoms with E-state index in [1.54, 1.807) is 4.68 Å². The fourth-order valence-corrected chi connectivity index (χ4v) is 3.26. The Morgan fingerprint density at radius 3 is 2.33 bits per heavy atom. The molecule has 5 heteroatoms. The molecule has 3 aromatic carbocycles. The minimum absolute atomic E-state index is 0.131. The highest BCUT2D eigenvalue weighted by Crippen LogP contribution is 2.23. The van der Waals surface area contributed by atoms with Crippen LogP contribution in [0.5, 0.6) is 0 Å². The first kappa shape index (κ1) is 19.6. The van der Waals surface area contributed by atoms with Crippen molar-refractivity contribution in [1.82, 2.24) is 14.8 Å². The smallest absolute Gasteiger partial charge is 0.295 e. The molecular formula is C25H24N4O. The van der Waals surface area contributed by atoms with Crippen LogP contribution in [-0.4, -0.2) is 20.7 Å². The van der Waals surface area contributed by atoms with Crippen LogP contribution >= 0.6 is 0 Å². The van der Waals surface area contributed by atoms with Gasteiger partial charge >= 0.3 is 0 Å². The fraction of sp³-hybridized carbons (Fsp3) is 0.160. The molecule has 0 saturated heterocycles. The van der Waals surface area contributed by atoms with Crippen LogP contribution in [0.25, 0.3) is 17.1 Å². The summed E-state index contributed by atoms with van der Waals surface area (Å²) in [6.45, 7) is 6.17. The quantitative estimate of drug-likeness (QED) is 0.494. The van der Waals surface area contributed by atoms with Gasteiger partial charge in [-0.2, -0.15) is 0 Å². The van der Waals surface area contributed by atoms with E-state index in [0.717, 1.165) is 34.5 Å². The van der Waals surface area contributed by atoms with E-state index < -0.39 is 0 Å². The Hall–Kier alpha value is -3.73. The summed E-state index contributed by atoms with van der Waals surface area (Å²) in [5, 5.41) is 7.44. The van der Waals surface area contributed by atoms with E-state index in [1.807, 2.05) is 86.6 Å². The van der Waals surface area contributed by atoms with E-state index in [0.29, 0.717) is 5.82 Å². The maximum absolute atomic E-state index is 12.9. The number of carbonyl (C=O) groups excluding carboxylic acids is 1. The highest BCUT2D eigenvalue weighted by Gasteiger charge is 2.19. The second kappa shape index (κ2) is 8.33. The average molecular weight is 396 g/mol. The number of amides is 1. The maximum Gasteiger partial charge on any atom is 0.295 e. The molecule has 0 aliphatic heterocycles. The van der Waals surface area contributed by atoms with Crippen molar-refractivity contribution in [2.45, 2.75) is 27.2 Å². The van der Waals surface area contributed by atoms with E-state index in [4.69, 9.17) is 0 Å². The van der Waals surface area contributed by atoms with Gasteiger partial charge in [-0.15, -0.1) is 5.10 Å². The number of hydrogen-bond acceptors (Lipinski definition) is 3. The third-order valence-electron chi connectivity index (χ3n) is 4.99. The van der Waals surface area contributed by atoms with E-state index in [1.165, 1.54) is 5.56 Å². The van der Waals surface area contributed by atoms with Crippen molar-refractivity contribution >= 4 is 11.6 Å². The molecular weight excluding hydrogens is 372 g/mol. The Balaban J connectivity index is 1.72. The molecule has 0 aliphatic carbocycles. The molecule has 4 aromatic rings. The van der Waals surface area contributed by atoms with Gasteiger partial charge in [0.2, 0.25) is 5.82 Å². The fourth-order valence-electron chi connectivity index (χ4n) is 3.26. The molecule has 1 heterocycles. The molecule has 1 amide bonds. The summed E-state index contributed by atoms with van der Waals surface area (Å²) in [4.78, 5) is 17.5. The molecule has 0 unspecified atom stereocenters. The van der Waals surface area contributed by atoms with E-state index >= 15 is 0 Å². The Labute approximate surface area is 176 Å². The molecule has 0 saturated carbocycles. The van der Waals surface area contributed by atoms with Gasteiger partial charge in [0.15, 0.2) is 5.82 Å². The highest BCUT2D eigenvalue weighted by atomic mass is 16.2. The van der Waals surface area contributed by atoms with Gasteiger partial charge in [-0.3, -0.25) is 4.79 Å². The zero-order chi connectivity index (χ0) is 21.1. The second-order valence-corrected chi connectivity index (χ2v) is 7.38. The first-order valence-corrected chi connectivity index (χ1v) is 10.0. The number of aryl methyl sites for hydroxylation is 3. The number of nitrogens with one attached hydrogen (secondary N) is 1. The van der Waals surface area contributed by atoms with Crippen LogP contribution in [-0.2, 0) is 6.42 Å². The van der Waals surface area contributed by atoms with Gasteiger partial charge in [0.05, 0.1) is 5.69 Å². The third-order valence-corrected chi connectivity index (χ3v) is 4.99. The lowest BCUT2D eigenvalue weighted by molar-refractivity contribution is 0.101. The number of hydrogen-bond donors (Lipinski definition) is 1. The van der Waals surface area contributed by atoms with Gasteiger partial charge in [-0.1, -0.05) is 60.5 Å². The van der Waals surface area contributed by atoms with Gasteiger partial charge in [0, 0.05) is 11.3 Å². The topological polar surface area (TPSA) is 59.8 Å². The minimum atomic E-state index is -0.334. The van der Waals surface area contributed by atoms with Crippen molar-refractivity contribution < 1.29 is 4.79 Å².